The zero-order chi connectivity index (χ0) is 16.9. The molecule has 0 N–H and O–H groups in total. The number of hydrogen-bond donors (Lipinski definition) is 0. The van der Waals surface area contributed by atoms with Crippen LogP contribution in [0.25, 0.3) is 11.3 Å². The van der Waals surface area contributed by atoms with E-state index in [9.17, 15) is 4.79 Å². The van der Waals surface area contributed by atoms with Gasteiger partial charge in [-0.3, -0.25) is 4.79 Å². The second kappa shape index (κ2) is 7.13. The van der Waals surface area contributed by atoms with E-state index in [1.165, 1.54) is 5.56 Å². The Labute approximate surface area is 141 Å². The molecule has 0 aliphatic heterocycles. The van der Waals surface area contributed by atoms with E-state index in [0.29, 0.717) is 23.8 Å². The molecule has 3 aromatic rings. The van der Waals surface area contributed by atoms with Gasteiger partial charge in [-0.15, -0.1) is 0 Å². The number of ether oxygens (including phenoxy) is 1. The number of carbonyl (C=O) groups excluding carboxylic acids is 1. The Morgan fingerprint density at radius 1 is 1.00 bits per heavy atom. The Morgan fingerprint density at radius 2 is 1.62 bits per heavy atom. The zero-order valence-electron chi connectivity index (χ0n) is 13.8. The van der Waals surface area contributed by atoms with E-state index >= 15 is 0 Å². The summed E-state index contributed by atoms with van der Waals surface area (Å²) in [5.74, 6) is 1.50. The second-order valence-corrected chi connectivity index (χ2v) is 5.77. The topological polar surface area (TPSA) is 52.3 Å². The third-order valence-corrected chi connectivity index (χ3v) is 3.69. The van der Waals surface area contributed by atoms with E-state index < -0.39 is 0 Å². The van der Waals surface area contributed by atoms with Crippen molar-refractivity contribution in [1.82, 2.24) is 4.98 Å². The third-order valence-electron chi connectivity index (χ3n) is 3.69. The summed E-state index contributed by atoms with van der Waals surface area (Å²) in [6, 6.07) is 15.4. The maximum absolute atomic E-state index is 11.9. The molecule has 4 heteroatoms. The molecule has 1 heterocycles. The van der Waals surface area contributed by atoms with Crippen molar-refractivity contribution < 1.29 is 13.9 Å². The highest BCUT2D eigenvalue weighted by Crippen LogP contribution is 2.21. The summed E-state index contributed by atoms with van der Waals surface area (Å²) in [5.41, 5.74) is 3.29. The first-order valence-electron chi connectivity index (χ1n) is 7.89. The van der Waals surface area contributed by atoms with Crippen LogP contribution in [0.2, 0.25) is 0 Å². The predicted molar refractivity (Wildman–Crippen MR) is 91.8 cm³/mol. The smallest absolute Gasteiger partial charge is 0.311 e. The summed E-state index contributed by atoms with van der Waals surface area (Å²) in [6.07, 6.45) is 2.32. The van der Waals surface area contributed by atoms with Crippen molar-refractivity contribution in [2.24, 2.45) is 0 Å². The van der Waals surface area contributed by atoms with Gasteiger partial charge in [0.05, 0.1) is 12.6 Å². The fraction of sp³-hybridized carbons (Fsp3) is 0.200. The van der Waals surface area contributed by atoms with Crippen LogP contribution in [0.4, 0.5) is 0 Å². The van der Waals surface area contributed by atoms with Crippen LogP contribution in [0.5, 0.6) is 5.75 Å². The first kappa shape index (κ1) is 16.0. The second-order valence-electron chi connectivity index (χ2n) is 5.77. The summed E-state index contributed by atoms with van der Waals surface area (Å²) in [4.78, 5) is 16.1. The molecule has 4 nitrogen and oxygen atoms in total. The molecular weight excluding hydrogens is 302 g/mol. The van der Waals surface area contributed by atoms with Gasteiger partial charge in [0.1, 0.15) is 5.75 Å². The fourth-order valence-corrected chi connectivity index (χ4v) is 2.27. The SMILES string of the molecule is Cc1ccc(OC(=O)CCc2ncc(-c3ccc(C)cc3)o2)cc1. The van der Waals surface area contributed by atoms with Gasteiger partial charge in [0.25, 0.3) is 0 Å². The maximum Gasteiger partial charge on any atom is 0.311 e. The number of hydrogen-bond acceptors (Lipinski definition) is 4. The molecule has 0 aliphatic carbocycles. The molecule has 122 valence electrons. The van der Waals surface area contributed by atoms with E-state index in [4.69, 9.17) is 9.15 Å². The molecule has 2 aromatic carbocycles. The highest BCUT2D eigenvalue weighted by Gasteiger charge is 2.10. The number of oxazole rings is 1. The lowest BCUT2D eigenvalue weighted by atomic mass is 10.1. The van der Waals surface area contributed by atoms with Gasteiger partial charge in [0.2, 0.25) is 0 Å². The zero-order valence-corrected chi connectivity index (χ0v) is 13.8. The van der Waals surface area contributed by atoms with Crippen LogP contribution in [0, 0.1) is 13.8 Å². The lowest BCUT2D eigenvalue weighted by molar-refractivity contribution is -0.134. The van der Waals surface area contributed by atoms with Crippen LogP contribution in [-0.4, -0.2) is 11.0 Å². The summed E-state index contributed by atoms with van der Waals surface area (Å²) in [5, 5.41) is 0. The van der Waals surface area contributed by atoms with Gasteiger partial charge < -0.3 is 9.15 Å². The van der Waals surface area contributed by atoms with Crippen LogP contribution in [0.1, 0.15) is 23.4 Å². The lowest BCUT2D eigenvalue weighted by Crippen LogP contribution is -2.09. The number of benzene rings is 2. The van der Waals surface area contributed by atoms with Crippen molar-refractivity contribution >= 4 is 5.97 Å². The Morgan fingerprint density at radius 3 is 2.29 bits per heavy atom. The lowest BCUT2D eigenvalue weighted by Gasteiger charge is -2.03. The van der Waals surface area contributed by atoms with Gasteiger partial charge >= 0.3 is 5.97 Å². The highest BCUT2D eigenvalue weighted by atomic mass is 16.5. The van der Waals surface area contributed by atoms with Gasteiger partial charge in [-0.2, -0.15) is 0 Å². The van der Waals surface area contributed by atoms with Crippen LogP contribution in [-0.2, 0) is 11.2 Å². The Bertz CT molecular complexity index is 817. The van der Waals surface area contributed by atoms with Gasteiger partial charge in [0.15, 0.2) is 11.7 Å². The Kier molecular flexibility index (Phi) is 4.75. The molecule has 24 heavy (non-hydrogen) atoms. The fourth-order valence-electron chi connectivity index (χ4n) is 2.27. The molecule has 3 rings (SSSR count). The van der Waals surface area contributed by atoms with Crippen LogP contribution in [0.3, 0.4) is 0 Å². The van der Waals surface area contributed by atoms with Gasteiger partial charge in [0, 0.05) is 12.0 Å². The van der Waals surface area contributed by atoms with Crippen molar-refractivity contribution in [3.8, 4) is 17.1 Å². The molecule has 0 atom stereocenters. The summed E-state index contributed by atoms with van der Waals surface area (Å²) < 4.78 is 11.0. The minimum atomic E-state index is -0.297. The number of nitrogens with zero attached hydrogens (tertiary/aromatic N) is 1. The number of carbonyl (C=O) groups is 1. The number of aromatic nitrogens is 1. The maximum atomic E-state index is 11.9. The molecule has 0 bridgehead atoms. The standard InChI is InChI=1S/C20H19NO3/c1-14-3-7-16(8-4-14)18-13-21-19(24-18)11-12-20(22)23-17-9-5-15(2)6-10-17/h3-10,13H,11-12H2,1-2H3. The van der Waals surface area contributed by atoms with E-state index in [1.807, 2.05) is 50.2 Å². The Balaban J connectivity index is 1.56. The van der Waals surface area contributed by atoms with Crippen LogP contribution < -0.4 is 4.74 Å². The number of esters is 1. The average Bonchev–Trinajstić information content (AvgIpc) is 3.05. The van der Waals surface area contributed by atoms with Gasteiger partial charge in [-0.25, -0.2) is 4.98 Å². The van der Waals surface area contributed by atoms with Crippen molar-refractivity contribution in [2.45, 2.75) is 26.7 Å². The summed E-state index contributed by atoms with van der Waals surface area (Å²) >= 11 is 0. The number of aryl methyl sites for hydroxylation is 3. The summed E-state index contributed by atoms with van der Waals surface area (Å²) in [6.45, 7) is 4.02. The van der Waals surface area contributed by atoms with Crippen LogP contribution >= 0.6 is 0 Å². The van der Waals surface area contributed by atoms with Crippen LogP contribution in [0.15, 0.2) is 59.1 Å². The quantitative estimate of drug-likeness (QED) is 0.513. The number of rotatable bonds is 5. The Hall–Kier alpha value is -2.88. The molecule has 0 saturated carbocycles. The van der Waals surface area contributed by atoms with E-state index in [1.54, 1.807) is 18.3 Å². The molecule has 1 aromatic heterocycles. The predicted octanol–water partition coefficient (Wildman–Crippen LogP) is 4.50. The van der Waals surface area contributed by atoms with Crippen molar-refractivity contribution in [3.05, 3.63) is 71.7 Å². The van der Waals surface area contributed by atoms with Crippen molar-refractivity contribution in [1.29, 1.82) is 0 Å². The highest BCUT2D eigenvalue weighted by molar-refractivity contribution is 5.72. The van der Waals surface area contributed by atoms with Crippen molar-refractivity contribution in [3.63, 3.8) is 0 Å². The molecule has 0 spiro atoms. The largest absolute Gasteiger partial charge is 0.441 e. The summed E-state index contributed by atoms with van der Waals surface area (Å²) in [7, 11) is 0. The average molecular weight is 321 g/mol. The normalized spacial score (nSPS) is 10.6. The molecule has 0 aliphatic rings. The van der Waals surface area contributed by atoms with Gasteiger partial charge in [-0.1, -0.05) is 47.5 Å². The minimum Gasteiger partial charge on any atom is -0.441 e. The molecule has 0 unspecified atom stereocenters. The first-order chi connectivity index (χ1) is 11.6. The molecular formula is C20H19NO3. The van der Waals surface area contributed by atoms with Crippen molar-refractivity contribution in [2.75, 3.05) is 0 Å². The van der Waals surface area contributed by atoms with E-state index in [2.05, 4.69) is 4.98 Å². The first-order valence-corrected chi connectivity index (χ1v) is 7.89. The van der Waals surface area contributed by atoms with Gasteiger partial charge in [-0.05, 0) is 26.0 Å². The molecule has 0 amide bonds. The molecule has 0 saturated heterocycles. The minimum absolute atomic E-state index is 0.224. The molecule has 0 fully saturated rings. The van der Waals surface area contributed by atoms with E-state index in [0.717, 1.165) is 11.1 Å². The molecule has 0 radical (unpaired) electrons. The van der Waals surface area contributed by atoms with E-state index in [-0.39, 0.29) is 12.4 Å². The monoisotopic (exact) mass is 321 g/mol. The third kappa shape index (κ3) is 4.10.